The van der Waals surface area contributed by atoms with Crippen LogP contribution in [0.3, 0.4) is 0 Å². The van der Waals surface area contributed by atoms with Crippen molar-refractivity contribution in [3.05, 3.63) is 0 Å². The van der Waals surface area contributed by atoms with Crippen LogP contribution in [0.1, 0.15) is 164 Å². The number of nitrogens with one attached hydrogen (secondary N) is 1. The maximum atomic E-state index is 11.8. The molecule has 21 atom stereocenters. The molecule has 454 valence electrons. The largest absolute Gasteiger partial charge is 1.00 e. The van der Waals surface area contributed by atoms with E-state index in [1.165, 1.54) is 27.7 Å². The molecule has 0 aromatic carbocycles. The monoisotopic (exact) mass is 1150 g/mol. The quantitative estimate of drug-likeness (QED) is 0.0844. The minimum absolute atomic E-state index is 0. The number of amides is 1. The van der Waals surface area contributed by atoms with Gasteiger partial charge < -0.3 is 110 Å². The van der Waals surface area contributed by atoms with Gasteiger partial charge in [0.1, 0.15) is 72.7 Å². The predicted octanol–water partition coefficient (Wildman–Crippen LogP) is -4.50. The average molecular weight is 1150 g/mol. The predicted molar refractivity (Wildman–Crippen MR) is 275 cm³/mol. The molecule has 4 fully saturated rings. The number of aliphatic hydroxyl groups excluding tert-OH is 12. The molecule has 0 aromatic heterocycles. The molecule has 0 aliphatic carbocycles. The fraction of sp³-hybridized carbons (Fsp3) is 0.962. The fourth-order valence-electron chi connectivity index (χ4n) is 8.85. The third kappa shape index (κ3) is 21.5. The summed E-state index contributed by atoms with van der Waals surface area (Å²) in [5, 5.41) is 131. The van der Waals surface area contributed by atoms with E-state index >= 15 is 0 Å². The van der Waals surface area contributed by atoms with E-state index in [1.54, 1.807) is 34.6 Å². The number of carbonyl (C=O) groups is 2. The van der Waals surface area contributed by atoms with Crippen molar-refractivity contribution >= 4 is 19.5 Å². The van der Waals surface area contributed by atoms with E-state index < -0.39 is 158 Å². The second-order valence-electron chi connectivity index (χ2n) is 25.9. The number of hydrogen-bond donors (Lipinski definition) is 13. The molecule has 4 aliphatic rings. The first-order valence-electron chi connectivity index (χ1n) is 26.3. The Kier molecular flexibility index (Phi) is 31.4. The van der Waals surface area contributed by atoms with Crippen molar-refractivity contribution in [1.29, 1.82) is 0 Å². The standard InChI is InChI=1S/C16H29NO7.2C11H22O4.C10H20O4.C4H11O3P.Na/c1-6-9(19)12(21)13-11(17-8(2)18)10(20)7-16(24-13,14(22)23)15(3,4)5;2*1-5-6-7(12)8(13)9(14)10(15-6)11(2,3)4;1-5-6(11)7(12)8(13)9(14-5)10(2,3)4;1-4(2,3)8(5,6)7;/h9-13,19-21H,6-7H2,1-5H3,(H,17,18)(H,22,23);2*6-10,12-14H,5H2,1-4H3;5-9,11-13H,1-4H3;1-3H3,(H2,5,6,7);/q;;;;;+1/p-3. The summed E-state index contributed by atoms with van der Waals surface area (Å²) in [6, 6.07) is -1.05. The molecule has 21 unspecified atom stereocenters. The van der Waals surface area contributed by atoms with Crippen LogP contribution in [0.4, 0.5) is 0 Å². The normalized spacial score (nSPS) is 36.9. The molecule has 0 spiro atoms. The van der Waals surface area contributed by atoms with Crippen LogP contribution < -0.4 is 49.8 Å². The molecule has 23 nitrogen and oxygen atoms in total. The van der Waals surface area contributed by atoms with Gasteiger partial charge in [-0.2, -0.15) is 0 Å². The van der Waals surface area contributed by atoms with Gasteiger partial charge in [-0.3, -0.25) is 4.79 Å². The van der Waals surface area contributed by atoms with Crippen LogP contribution in [0.15, 0.2) is 0 Å². The molecule has 1 amide bonds. The van der Waals surface area contributed by atoms with E-state index in [0.29, 0.717) is 12.8 Å². The Morgan fingerprint density at radius 3 is 1.19 bits per heavy atom. The molecule has 0 radical (unpaired) electrons. The van der Waals surface area contributed by atoms with E-state index in [1.807, 2.05) is 76.2 Å². The van der Waals surface area contributed by atoms with Crippen molar-refractivity contribution in [1.82, 2.24) is 5.32 Å². The first-order chi connectivity index (χ1) is 33.9. The number of carbonyl (C=O) groups excluding carboxylic acids is 2. The first-order valence-corrected chi connectivity index (χ1v) is 27.8. The smallest absolute Gasteiger partial charge is 0.810 e. The zero-order valence-electron chi connectivity index (χ0n) is 49.8. The van der Waals surface area contributed by atoms with Crippen molar-refractivity contribution in [2.24, 2.45) is 21.7 Å². The fourth-order valence-corrected chi connectivity index (χ4v) is 8.85. The molecule has 4 aliphatic heterocycles. The van der Waals surface area contributed by atoms with Gasteiger partial charge in [0.05, 0.1) is 60.8 Å². The van der Waals surface area contributed by atoms with Crippen molar-refractivity contribution in [2.45, 2.75) is 297 Å². The molecule has 4 heterocycles. The molecular formula is C52H101NNaO22P-2. The summed E-state index contributed by atoms with van der Waals surface area (Å²) in [4.78, 5) is 43.5. The van der Waals surface area contributed by atoms with Gasteiger partial charge in [-0.15, -0.1) is 0 Å². The third-order valence-corrected chi connectivity index (χ3v) is 15.8. The van der Waals surface area contributed by atoms with Gasteiger partial charge in [0.25, 0.3) is 0 Å². The summed E-state index contributed by atoms with van der Waals surface area (Å²) in [6.07, 6.45) is -16.2. The maximum Gasteiger partial charge on any atom is 1.00 e. The van der Waals surface area contributed by atoms with Crippen molar-refractivity contribution in [2.75, 3.05) is 0 Å². The van der Waals surface area contributed by atoms with Crippen LogP contribution in [0.5, 0.6) is 0 Å². The van der Waals surface area contributed by atoms with Crippen molar-refractivity contribution < 1.29 is 139 Å². The summed E-state index contributed by atoms with van der Waals surface area (Å²) in [6.45, 7) is 34.8. The zero-order valence-corrected chi connectivity index (χ0v) is 52.7. The third-order valence-electron chi connectivity index (χ3n) is 14.1. The van der Waals surface area contributed by atoms with Gasteiger partial charge in [0, 0.05) is 13.3 Å². The minimum atomic E-state index is -4.35. The van der Waals surface area contributed by atoms with E-state index in [4.69, 9.17) is 18.9 Å². The number of rotatable bonds is 7. The molecule has 4 rings (SSSR count). The van der Waals surface area contributed by atoms with Gasteiger partial charge in [-0.05, 0) is 53.0 Å². The summed E-state index contributed by atoms with van der Waals surface area (Å²) in [5.74, 6) is -1.99. The zero-order chi connectivity index (χ0) is 60.6. The number of carboxylic acid groups (broad SMARTS) is 1. The Bertz CT molecular complexity index is 1750. The van der Waals surface area contributed by atoms with Gasteiger partial charge in [0.2, 0.25) is 5.91 Å². The second kappa shape index (κ2) is 30.8. The molecule has 4 saturated heterocycles. The number of hydrogen-bond acceptors (Lipinski definition) is 22. The van der Waals surface area contributed by atoms with Gasteiger partial charge >= 0.3 is 29.6 Å². The molecule has 25 heteroatoms. The van der Waals surface area contributed by atoms with Crippen LogP contribution in [0, 0.1) is 21.7 Å². The Morgan fingerprint density at radius 2 is 0.935 bits per heavy atom. The van der Waals surface area contributed by atoms with Gasteiger partial charge in [-0.25, -0.2) is 0 Å². The van der Waals surface area contributed by atoms with E-state index in [9.17, 15) is 90.3 Å². The van der Waals surface area contributed by atoms with Crippen molar-refractivity contribution in [3.63, 3.8) is 0 Å². The molecule has 13 N–H and O–H groups in total. The topological polar surface area (TPSA) is 412 Å². The summed E-state index contributed by atoms with van der Waals surface area (Å²) >= 11 is 0. The summed E-state index contributed by atoms with van der Waals surface area (Å²) < 4.78 is 32.6. The Labute approximate surface area is 479 Å². The Hall–Kier alpha value is -0.550. The summed E-state index contributed by atoms with van der Waals surface area (Å²) in [5.41, 5.74) is -3.60. The van der Waals surface area contributed by atoms with Gasteiger partial charge in [0.15, 0.2) is 0 Å². The van der Waals surface area contributed by atoms with E-state index in [0.717, 1.165) is 0 Å². The van der Waals surface area contributed by atoms with Crippen LogP contribution in [-0.4, -0.2) is 206 Å². The van der Waals surface area contributed by atoms with Crippen LogP contribution >= 0.6 is 7.60 Å². The maximum absolute atomic E-state index is 11.8. The minimum Gasteiger partial charge on any atom is -0.810 e. The average Bonchev–Trinajstić information content (AvgIpc) is 3.26. The van der Waals surface area contributed by atoms with Crippen molar-refractivity contribution in [3.8, 4) is 0 Å². The first kappa shape index (κ1) is 78.5. The van der Waals surface area contributed by atoms with E-state index in [-0.39, 0.29) is 58.6 Å². The van der Waals surface area contributed by atoms with Crippen LogP contribution in [0.2, 0.25) is 0 Å². The molecule has 77 heavy (non-hydrogen) atoms. The number of aliphatic hydroxyl groups is 12. The van der Waals surface area contributed by atoms with Gasteiger partial charge in [-0.1, -0.05) is 132 Å². The molecule has 0 bridgehead atoms. The number of ether oxygens (including phenoxy) is 4. The molecule has 0 saturated carbocycles. The second-order valence-corrected chi connectivity index (χ2v) is 28.2. The molecular weight excluding hydrogens is 1040 g/mol. The summed E-state index contributed by atoms with van der Waals surface area (Å²) in [7, 11) is -4.35. The van der Waals surface area contributed by atoms with E-state index in [2.05, 4.69) is 5.32 Å². The van der Waals surface area contributed by atoms with Crippen LogP contribution in [0.25, 0.3) is 0 Å². The SMILES string of the molecule is CC(C)(C)P(=O)([O-])[O-].CC1OC(C(C)(C)C)C(O)C(O)C1O.CCC(O)C(O)C1OC(C(=O)[O-])(C(C)(C)C)CC(O)C1NC(C)=O.CCC1OC(C(C)(C)C)C(O)C(O)C1O.CCC1OC(C(C)(C)C)C(O)C(O)C1O.[Na+]. The molecule has 0 aromatic rings. The number of carboxylic acids is 1. The van der Waals surface area contributed by atoms with Crippen LogP contribution in [-0.2, 0) is 33.1 Å². The number of aliphatic carboxylic acids is 1. The Balaban J connectivity index is 0. The Morgan fingerprint density at radius 1 is 0.610 bits per heavy atom.